The molecule has 0 heterocycles. The maximum absolute atomic E-state index is 11.4. The molecule has 0 fully saturated rings. The molecule has 1 rings (SSSR count). The Morgan fingerprint density at radius 2 is 1.67 bits per heavy atom. The fourth-order valence-corrected chi connectivity index (χ4v) is 1.95. The van der Waals surface area contributed by atoms with Crippen molar-refractivity contribution in [3.63, 3.8) is 0 Å². The molecule has 1 N–H and O–H groups in total. The minimum atomic E-state index is -0.919. The second-order valence-electron chi connectivity index (χ2n) is 4.04. The van der Waals surface area contributed by atoms with Crippen LogP contribution in [0.2, 0.25) is 0 Å². The number of carboxylic acids is 1. The number of ether oxygens (including phenoxy) is 1. The van der Waals surface area contributed by atoms with Crippen molar-refractivity contribution >= 4 is 11.9 Å². The van der Waals surface area contributed by atoms with E-state index in [1.54, 1.807) is 0 Å². The van der Waals surface area contributed by atoms with Crippen LogP contribution < -0.4 is 0 Å². The number of carbonyl (C=O) groups is 2. The number of aliphatic carboxylic acids is 1. The van der Waals surface area contributed by atoms with Gasteiger partial charge in [-0.15, -0.1) is 0 Å². The first-order valence-electron chi connectivity index (χ1n) is 4.93. The summed E-state index contributed by atoms with van der Waals surface area (Å²) in [6, 6.07) is 0. The summed E-state index contributed by atoms with van der Waals surface area (Å²) in [5.41, 5.74) is 2.17. The molecule has 4 heteroatoms. The Labute approximate surface area is 88.9 Å². The van der Waals surface area contributed by atoms with E-state index in [1.807, 2.05) is 13.8 Å². The molecule has 84 valence electrons. The summed E-state index contributed by atoms with van der Waals surface area (Å²) < 4.78 is 4.63. The predicted molar refractivity (Wildman–Crippen MR) is 54.2 cm³/mol. The molecule has 1 aliphatic rings. The number of hydrogen-bond acceptors (Lipinski definition) is 3. The largest absolute Gasteiger partial charge is 0.481 e. The van der Waals surface area contributed by atoms with Crippen LogP contribution in [0.4, 0.5) is 0 Å². The highest BCUT2D eigenvalue weighted by Gasteiger charge is 2.37. The van der Waals surface area contributed by atoms with Gasteiger partial charge in [0.25, 0.3) is 0 Å². The van der Waals surface area contributed by atoms with Gasteiger partial charge in [-0.1, -0.05) is 11.1 Å². The molecule has 0 amide bonds. The molecule has 2 atom stereocenters. The summed E-state index contributed by atoms with van der Waals surface area (Å²) in [5.74, 6) is -2.51. The molecule has 0 aromatic carbocycles. The van der Waals surface area contributed by atoms with E-state index in [1.165, 1.54) is 7.11 Å². The SMILES string of the molecule is COC(=O)[C@H]1CC(C)=C(C)C[C@H]1C(=O)O. The molecule has 4 nitrogen and oxygen atoms in total. The van der Waals surface area contributed by atoms with E-state index in [-0.39, 0.29) is 0 Å². The average Bonchev–Trinajstić information content (AvgIpc) is 2.20. The molecule has 15 heavy (non-hydrogen) atoms. The number of carboxylic acid groups (broad SMARTS) is 1. The lowest BCUT2D eigenvalue weighted by molar-refractivity contribution is -0.156. The standard InChI is InChI=1S/C11H16O4/c1-6-4-8(10(12)13)9(5-7(6)2)11(14)15-3/h8-9H,4-5H2,1-3H3,(H,12,13)/t8-,9+/m1/s1. The summed E-state index contributed by atoms with van der Waals surface area (Å²) >= 11 is 0. The molecule has 0 spiro atoms. The van der Waals surface area contributed by atoms with E-state index >= 15 is 0 Å². The Kier molecular flexibility index (Phi) is 3.50. The van der Waals surface area contributed by atoms with Crippen LogP contribution in [0.1, 0.15) is 26.7 Å². The third-order valence-corrected chi connectivity index (χ3v) is 3.09. The zero-order valence-corrected chi connectivity index (χ0v) is 9.24. The molecule has 0 unspecified atom stereocenters. The van der Waals surface area contributed by atoms with Crippen LogP contribution in [0.15, 0.2) is 11.1 Å². The monoisotopic (exact) mass is 212 g/mol. The van der Waals surface area contributed by atoms with Gasteiger partial charge >= 0.3 is 11.9 Å². The Morgan fingerprint density at radius 1 is 1.20 bits per heavy atom. The van der Waals surface area contributed by atoms with Gasteiger partial charge in [0, 0.05) is 0 Å². The maximum atomic E-state index is 11.4. The number of hydrogen-bond donors (Lipinski definition) is 1. The molecular formula is C11H16O4. The third kappa shape index (κ3) is 2.37. The van der Waals surface area contributed by atoms with Crippen molar-refractivity contribution < 1.29 is 19.4 Å². The van der Waals surface area contributed by atoms with Gasteiger partial charge in [0.05, 0.1) is 18.9 Å². The van der Waals surface area contributed by atoms with Crippen molar-refractivity contribution in [1.29, 1.82) is 0 Å². The van der Waals surface area contributed by atoms with Crippen LogP contribution >= 0.6 is 0 Å². The highest BCUT2D eigenvalue weighted by Crippen LogP contribution is 2.34. The predicted octanol–water partition coefficient (Wildman–Crippen LogP) is 1.61. The molecule has 0 radical (unpaired) electrons. The fraction of sp³-hybridized carbons (Fsp3) is 0.636. The Bertz CT molecular complexity index is 317. The van der Waals surface area contributed by atoms with Crippen molar-refractivity contribution in [2.24, 2.45) is 11.8 Å². The van der Waals surface area contributed by atoms with Crippen molar-refractivity contribution in [2.75, 3.05) is 7.11 Å². The molecule has 0 aliphatic heterocycles. The topological polar surface area (TPSA) is 63.6 Å². The van der Waals surface area contributed by atoms with Crippen molar-refractivity contribution in [3.8, 4) is 0 Å². The van der Waals surface area contributed by atoms with Gasteiger partial charge in [0.15, 0.2) is 0 Å². The van der Waals surface area contributed by atoms with Crippen LogP contribution in [-0.2, 0) is 14.3 Å². The molecular weight excluding hydrogens is 196 g/mol. The van der Waals surface area contributed by atoms with E-state index in [9.17, 15) is 9.59 Å². The van der Waals surface area contributed by atoms with E-state index < -0.39 is 23.8 Å². The number of allylic oxidation sites excluding steroid dienone is 2. The first-order chi connectivity index (χ1) is 6.97. The summed E-state index contributed by atoms with van der Waals surface area (Å²) in [4.78, 5) is 22.4. The second-order valence-corrected chi connectivity index (χ2v) is 4.04. The summed E-state index contributed by atoms with van der Waals surface area (Å²) in [5, 5.41) is 9.03. The van der Waals surface area contributed by atoms with Crippen molar-refractivity contribution in [2.45, 2.75) is 26.7 Å². The van der Waals surface area contributed by atoms with E-state index in [4.69, 9.17) is 5.11 Å². The van der Waals surface area contributed by atoms with Crippen LogP contribution in [-0.4, -0.2) is 24.2 Å². The Morgan fingerprint density at radius 3 is 2.07 bits per heavy atom. The van der Waals surface area contributed by atoms with Gasteiger partial charge < -0.3 is 9.84 Å². The normalized spacial score (nSPS) is 26.3. The number of rotatable bonds is 2. The lowest BCUT2D eigenvalue weighted by atomic mass is 9.76. The highest BCUT2D eigenvalue weighted by molar-refractivity contribution is 5.82. The minimum Gasteiger partial charge on any atom is -0.481 e. The van der Waals surface area contributed by atoms with Gasteiger partial charge in [-0.05, 0) is 26.7 Å². The van der Waals surface area contributed by atoms with Crippen molar-refractivity contribution in [3.05, 3.63) is 11.1 Å². The lowest BCUT2D eigenvalue weighted by Gasteiger charge is -2.28. The lowest BCUT2D eigenvalue weighted by Crippen LogP contribution is -2.33. The smallest absolute Gasteiger partial charge is 0.309 e. The molecule has 0 saturated heterocycles. The fourth-order valence-electron chi connectivity index (χ4n) is 1.95. The molecule has 0 bridgehead atoms. The number of methoxy groups -OCH3 is 1. The van der Waals surface area contributed by atoms with Crippen LogP contribution in [0.3, 0.4) is 0 Å². The third-order valence-electron chi connectivity index (χ3n) is 3.09. The Balaban J connectivity index is 2.94. The van der Waals surface area contributed by atoms with Crippen LogP contribution in [0.25, 0.3) is 0 Å². The quantitative estimate of drug-likeness (QED) is 0.558. The van der Waals surface area contributed by atoms with Gasteiger partial charge in [-0.3, -0.25) is 9.59 Å². The summed E-state index contributed by atoms with van der Waals surface area (Å²) in [7, 11) is 1.29. The van der Waals surface area contributed by atoms with Gasteiger partial charge in [-0.25, -0.2) is 0 Å². The van der Waals surface area contributed by atoms with E-state index in [0.29, 0.717) is 12.8 Å². The molecule has 0 saturated carbocycles. The number of carbonyl (C=O) groups excluding carboxylic acids is 1. The van der Waals surface area contributed by atoms with Gasteiger partial charge in [-0.2, -0.15) is 0 Å². The van der Waals surface area contributed by atoms with Gasteiger partial charge in [0.1, 0.15) is 0 Å². The zero-order chi connectivity index (χ0) is 11.6. The summed E-state index contributed by atoms with van der Waals surface area (Å²) in [6.07, 6.45) is 0.941. The average molecular weight is 212 g/mol. The second kappa shape index (κ2) is 4.47. The Hall–Kier alpha value is -1.32. The first kappa shape index (κ1) is 11.8. The molecule has 1 aliphatic carbocycles. The highest BCUT2D eigenvalue weighted by atomic mass is 16.5. The minimum absolute atomic E-state index is 0.422. The molecule has 0 aromatic rings. The first-order valence-corrected chi connectivity index (χ1v) is 4.93. The number of esters is 1. The van der Waals surface area contributed by atoms with Crippen LogP contribution in [0.5, 0.6) is 0 Å². The zero-order valence-electron chi connectivity index (χ0n) is 9.24. The van der Waals surface area contributed by atoms with Crippen LogP contribution in [0, 0.1) is 11.8 Å². The van der Waals surface area contributed by atoms with E-state index in [2.05, 4.69) is 4.74 Å². The van der Waals surface area contributed by atoms with Gasteiger partial charge in [0.2, 0.25) is 0 Å². The maximum Gasteiger partial charge on any atom is 0.309 e. The summed E-state index contributed by atoms with van der Waals surface area (Å²) in [6.45, 7) is 3.85. The van der Waals surface area contributed by atoms with Crippen molar-refractivity contribution in [1.82, 2.24) is 0 Å². The van der Waals surface area contributed by atoms with E-state index in [0.717, 1.165) is 11.1 Å². The molecule has 0 aromatic heterocycles.